The van der Waals surface area contributed by atoms with Crippen molar-refractivity contribution in [1.29, 1.82) is 0 Å². The zero-order chi connectivity index (χ0) is 9.97. The van der Waals surface area contributed by atoms with Gasteiger partial charge in [-0.3, -0.25) is 0 Å². The minimum atomic E-state index is 0.330. The number of nitrogens with two attached hydrogens (primary N) is 1. The molecule has 0 bridgehead atoms. The summed E-state index contributed by atoms with van der Waals surface area (Å²) in [6.45, 7) is 2.15. The van der Waals surface area contributed by atoms with Crippen LogP contribution in [0.4, 0.5) is 0 Å². The van der Waals surface area contributed by atoms with Crippen LogP contribution in [0.3, 0.4) is 0 Å². The Kier molecular flexibility index (Phi) is 2.19. The van der Waals surface area contributed by atoms with Gasteiger partial charge in [0.05, 0.1) is 6.54 Å². The number of hydrogen-bond acceptors (Lipinski definition) is 5. The molecule has 72 valence electrons. The zero-order valence-electron chi connectivity index (χ0n) is 7.75. The summed E-state index contributed by atoms with van der Waals surface area (Å²) in [6.07, 6.45) is 3.27. The fourth-order valence-corrected chi connectivity index (χ4v) is 1.07. The molecule has 2 rings (SSSR count). The van der Waals surface area contributed by atoms with E-state index in [1.165, 1.54) is 0 Å². The first-order chi connectivity index (χ1) is 6.79. The van der Waals surface area contributed by atoms with Gasteiger partial charge in [-0.15, -0.1) is 5.10 Å². The topological polar surface area (TPSA) is 82.5 Å². The van der Waals surface area contributed by atoms with Gasteiger partial charge in [0.1, 0.15) is 12.2 Å². The van der Waals surface area contributed by atoms with Gasteiger partial charge in [-0.2, -0.15) is 0 Å². The number of nitrogens with zero attached hydrogens (tertiary/aromatic N) is 5. The van der Waals surface area contributed by atoms with E-state index >= 15 is 0 Å². The molecule has 0 saturated heterocycles. The lowest BCUT2D eigenvalue weighted by molar-refractivity contribution is 0.797. The van der Waals surface area contributed by atoms with Crippen LogP contribution in [0.1, 0.15) is 11.6 Å². The summed E-state index contributed by atoms with van der Waals surface area (Å²) in [4.78, 5) is 12.2. The molecule has 0 aliphatic heterocycles. The largest absolute Gasteiger partial charge is 0.324 e. The molecule has 2 aromatic heterocycles. The third kappa shape index (κ3) is 1.60. The summed E-state index contributed by atoms with van der Waals surface area (Å²) in [6, 6.07) is 1.77. The van der Waals surface area contributed by atoms with Crippen molar-refractivity contribution in [2.75, 3.05) is 0 Å². The fourth-order valence-electron chi connectivity index (χ4n) is 1.07. The Hall–Kier alpha value is -1.82. The van der Waals surface area contributed by atoms with Gasteiger partial charge < -0.3 is 5.73 Å². The molecule has 0 amide bonds. The lowest BCUT2D eigenvalue weighted by Crippen LogP contribution is -2.03. The average Bonchev–Trinajstić information content (AvgIpc) is 2.66. The maximum atomic E-state index is 5.40. The van der Waals surface area contributed by atoms with Gasteiger partial charge in [-0.05, 0) is 6.92 Å². The second-order valence-electron chi connectivity index (χ2n) is 2.77. The second kappa shape index (κ2) is 3.51. The maximum absolute atomic E-state index is 5.40. The molecule has 0 saturated carbocycles. The van der Waals surface area contributed by atoms with Crippen molar-refractivity contribution < 1.29 is 0 Å². The van der Waals surface area contributed by atoms with Crippen LogP contribution in [-0.2, 0) is 6.54 Å². The van der Waals surface area contributed by atoms with E-state index < -0.39 is 0 Å². The Balaban J connectivity index is 2.39. The maximum Gasteiger partial charge on any atom is 0.164 e. The summed E-state index contributed by atoms with van der Waals surface area (Å²) in [7, 11) is 0. The van der Waals surface area contributed by atoms with Crippen LogP contribution in [0.15, 0.2) is 18.6 Å². The molecule has 6 nitrogen and oxygen atoms in total. The Morgan fingerprint density at radius 2 is 2.29 bits per heavy atom. The van der Waals surface area contributed by atoms with Crippen molar-refractivity contribution in [2.24, 2.45) is 5.73 Å². The molecule has 14 heavy (non-hydrogen) atoms. The van der Waals surface area contributed by atoms with E-state index in [-0.39, 0.29) is 0 Å². The Labute approximate surface area is 80.8 Å². The molecule has 0 aliphatic carbocycles. The van der Waals surface area contributed by atoms with Crippen molar-refractivity contribution in [1.82, 2.24) is 24.7 Å². The lowest BCUT2D eigenvalue weighted by atomic mass is 10.5. The van der Waals surface area contributed by atoms with Gasteiger partial charge >= 0.3 is 0 Å². The third-order valence-corrected chi connectivity index (χ3v) is 1.72. The number of hydrogen-bond donors (Lipinski definition) is 1. The van der Waals surface area contributed by atoms with Crippen LogP contribution in [0.2, 0.25) is 0 Å². The monoisotopic (exact) mass is 190 g/mol. The van der Waals surface area contributed by atoms with Gasteiger partial charge in [0, 0.05) is 12.3 Å². The average molecular weight is 190 g/mol. The van der Waals surface area contributed by atoms with E-state index in [1.807, 2.05) is 6.92 Å². The van der Waals surface area contributed by atoms with Crippen LogP contribution in [0.25, 0.3) is 5.82 Å². The molecule has 0 aliphatic rings. The van der Waals surface area contributed by atoms with Crippen LogP contribution in [0.5, 0.6) is 0 Å². The number of aromatic nitrogens is 5. The van der Waals surface area contributed by atoms with E-state index in [0.717, 1.165) is 0 Å². The van der Waals surface area contributed by atoms with Crippen molar-refractivity contribution >= 4 is 0 Å². The molecule has 0 fully saturated rings. The quantitative estimate of drug-likeness (QED) is 0.710. The molecule has 0 atom stereocenters. The highest BCUT2D eigenvalue weighted by molar-refractivity contribution is 5.18. The molecule has 6 heteroatoms. The molecular formula is C8H10N6. The number of aryl methyl sites for hydroxylation is 1. The minimum absolute atomic E-state index is 0.330. The van der Waals surface area contributed by atoms with Crippen LogP contribution >= 0.6 is 0 Å². The lowest BCUT2D eigenvalue weighted by Gasteiger charge is -1.98. The molecule has 0 radical (unpaired) electrons. The Bertz CT molecular complexity index is 435. The fraction of sp³-hybridized carbons (Fsp3) is 0.250. The Morgan fingerprint density at radius 3 is 2.93 bits per heavy atom. The van der Waals surface area contributed by atoms with Crippen molar-refractivity contribution in [2.45, 2.75) is 13.5 Å². The summed E-state index contributed by atoms with van der Waals surface area (Å²) >= 11 is 0. The van der Waals surface area contributed by atoms with Gasteiger partial charge in [-0.1, -0.05) is 0 Å². The highest BCUT2D eigenvalue weighted by Gasteiger charge is 2.02. The first-order valence-electron chi connectivity index (χ1n) is 4.20. The van der Waals surface area contributed by atoms with Crippen molar-refractivity contribution in [3.63, 3.8) is 0 Å². The van der Waals surface area contributed by atoms with E-state index in [4.69, 9.17) is 5.73 Å². The van der Waals surface area contributed by atoms with Gasteiger partial charge in [-0.25, -0.2) is 19.6 Å². The van der Waals surface area contributed by atoms with E-state index in [0.29, 0.717) is 24.0 Å². The summed E-state index contributed by atoms with van der Waals surface area (Å²) in [5.74, 6) is 2.00. The highest BCUT2D eigenvalue weighted by atomic mass is 15.4. The summed E-state index contributed by atoms with van der Waals surface area (Å²) in [5, 5.41) is 4.13. The van der Waals surface area contributed by atoms with Crippen LogP contribution < -0.4 is 5.73 Å². The van der Waals surface area contributed by atoms with Gasteiger partial charge in [0.2, 0.25) is 0 Å². The normalized spacial score (nSPS) is 10.4. The molecular weight excluding hydrogens is 180 g/mol. The van der Waals surface area contributed by atoms with E-state index in [1.54, 1.807) is 23.3 Å². The molecule has 0 aromatic carbocycles. The van der Waals surface area contributed by atoms with Crippen molar-refractivity contribution in [3.8, 4) is 5.82 Å². The SMILES string of the molecule is Cc1nccc(-n2cnc(CN)n2)n1. The first kappa shape index (κ1) is 8.76. The molecule has 2 N–H and O–H groups in total. The summed E-state index contributed by atoms with van der Waals surface area (Å²) in [5.41, 5.74) is 5.40. The summed E-state index contributed by atoms with van der Waals surface area (Å²) < 4.78 is 1.58. The third-order valence-electron chi connectivity index (χ3n) is 1.72. The minimum Gasteiger partial charge on any atom is -0.324 e. The predicted molar refractivity (Wildman–Crippen MR) is 49.6 cm³/mol. The van der Waals surface area contributed by atoms with Gasteiger partial charge in [0.15, 0.2) is 11.6 Å². The van der Waals surface area contributed by atoms with E-state index in [9.17, 15) is 0 Å². The molecule has 2 aromatic rings. The molecule has 0 spiro atoms. The standard InChI is InChI=1S/C8H10N6/c1-6-10-3-2-8(12-6)14-5-11-7(4-9)13-14/h2-3,5H,4,9H2,1H3. The molecule has 0 unspecified atom stereocenters. The highest BCUT2D eigenvalue weighted by Crippen LogP contribution is 2.01. The van der Waals surface area contributed by atoms with Crippen molar-refractivity contribution in [3.05, 3.63) is 30.2 Å². The van der Waals surface area contributed by atoms with Crippen LogP contribution in [0, 0.1) is 6.92 Å². The van der Waals surface area contributed by atoms with E-state index in [2.05, 4.69) is 20.1 Å². The molecule has 2 heterocycles. The van der Waals surface area contributed by atoms with Gasteiger partial charge in [0.25, 0.3) is 0 Å². The number of rotatable bonds is 2. The zero-order valence-corrected chi connectivity index (χ0v) is 7.75. The second-order valence-corrected chi connectivity index (χ2v) is 2.77. The first-order valence-corrected chi connectivity index (χ1v) is 4.20. The Morgan fingerprint density at radius 1 is 1.43 bits per heavy atom. The smallest absolute Gasteiger partial charge is 0.164 e. The van der Waals surface area contributed by atoms with Crippen LogP contribution in [-0.4, -0.2) is 24.7 Å². The predicted octanol–water partition coefficient (Wildman–Crippen LogP) is -0.176.